The van der Waals surface area contributed by atoms with Crippen molar-refractivity contribution in [1.29, 1.82) is 0 Å². The van der Waals surface area contributed by atoms with Crippen molar-refractivity contribution in [1.82, 2.24) is 0 Å². The van der Waals surface area contributed by atoms with E-state index in [-0.39, 0.29) is 5.04 Å². The lowest BCUT2D eigenvalue weighted by molar-refractivity contribution is 0.492. The second-order valence-electron chi connectivity index (χ2n) is 7.95. The molecule has 0 heterocycles. The zero-order valence-corrected chi connectivity index (χ0v) is 16.3. The Kier molecular flexibility index (Phi) is 4.27. The van der Waals surface area contributed by atoms with Crippen molar-refractivity contribution in [3.8, 4) is 28.0 Å². The first-order valence-corrected chi connectivity index (χ1v) is 11.5. The van der Waals surface area contributed by atoms with Gasteiger partial charge in [0.15, 0.2) is 0 Å². The van der Waals surface area contributed by atoms with E-state index in [1.807, 2.05) is 0 Å². The number of hydrogen-bond acceptors (Lipinski definition) is 1. The molecular formula is C22H26OSi. The van der Waals surface area contributed by atoms with Crippen LogP contribution in [0.15, 0.2) is 66.7 Å². The molecule has 1 aromatic rings. The first-order valence-electron chi connectivity index (χ1n) is 8.54. The minimum absolute atomic E-state index is 0.212. The topological polar surface area (TPSA) is 9.23 Å². The molecule has 0 spiro atoms. The van der Waals surface area contributed by atoms with Gasteiger partial charge in [0.25, 0.3) is 0 Å². The third kappa shape index (κ3) is 3.39. The minimum Gasteiger partial charge on any atom is -0.544 e. The lowest BCUT2D eigenvalue weighted by atomic mass is 10.1. The maximum atomic E-state index is 6.37. The van der Waals surface area contributed by atoms with Gasteiger partial charge in [-0.05, 0) is 52.5 Å². The van der Waals surface area contributed by atoms with Gasteiger partial charge in [0.2, 0.25) is 8.32 Å². The fourth-order valence-electron chi connectivity index (χ4n) is 2.52. The average molecular weight is 335 g/mol. The molecule has 1 aromatic carbocycles. The van der Waals surface area contributed by atoms with Crippen LogP contribution >= 0.6 is 0 Å². The average Bonchev–Trinajstić information content (AvgIpc) is 2.86. The summed E-state index contributed by atoms with van der Waals surface area (Å²) in [5.41, 5.74) is 5.00. The molecule has 2 aliphatic carbocycles. The highest BCUT2D eigenvalue weighted by atomic mass is 28.4. The lowest BCUT2D eigenvalue weighted by Gasteiger charge is -2.36. The zero-order valence-electron chi connectivity index (χ0n) is 15.3. The van der Waals surface area contributed by atoms with Gasteiger partial charge in [-0.25, -0.2) is 0 Å². The third-order valence-corrected chi connectivity index (χ3v) is 9.50. The molecule has 0 saturated carbocycles. The van der Waals surface area contributed by atoms with E-state index >= 15 is 0 Å². The van der Waals surface area contributed by atoms with Gasteiger partial charge in [0.1, 0.15) is 5.75 Å². The Morgan fingerprint density at radius 1 is 0.625 bits per heavy atom. The van der Waals surface area contributed by atoms with E-state index in [9.17, 15) is 0 Å². The van der Waals surface area contributed by atoms with Crippen molar-refractivity contribution < 1.29 is 4.43 Å². The molecule has 0 fully saturated rings. The van der Waals surface area contributed by atoms with Crippen LogP contribution in [0, 0.1) is 0 Å². The maximum absolute atomic E-state index is 6.37. The molecule has 2 aliphatic rings. The van der Waals surface area contributed by atoms with Crippen LogP contribution in [0.1, 0.15) is 20.8 Å². The lowest BCUT2D eigenvalue weighted by Crippen LogP contribution is -2.43. The molecular weight excluding hydrogens is 308 g/mol. The summed E-state index contributed by atoms with van der Waals surface area (Å²) in [5, 5.41) is 0.212. The summed E-state index contributed by atoms with van der Waals surface area (Å²) in [5.74, 6) is 0.976. The normalized spacial score (nSPS) is 12.4. The van der Waals surface area contributed by atoms with Crippen LogP contribution in [-0.4, -0.2) is 8.32 Å². The molecule has 2 heteroatoms. The Balaban J connectivity index is 1.85. The van der Waals surface area contributed by atoms with E-state index in [4.69, 9.17) is 4.43 Å². The van der Waals surface area contributed by atoms with Crippen LogP contribution in [0.3, 0.4) is 0 Å². The summed E-state index contributed by atoms with van der Waals surface area (Å²) in [7, 11) is -1.78. The molecule has 0 atom stereocenters. The molecule has 124 valence electrons. The highest BCUT2D eigenvalue weighted by Crippen LogP contribution is 2.37. The van der Waals surface area contributed by atoms with Crippen molar-refractivity contribution >= 4 is 8.32 Å². The van der Waals surface area contributed by atoms with Crippen molar-refractivity contribution in [3.05, 3.63) is 66.7 Å². The standard InChI is InChI=1S/C22H26OSi/c1-22(2,3)24(4,5)23-21-15-13-20(14-16-21)19-11-9-17-7-6-8-18(17)10-12-19/h6-16H,1-5H3. The highest BCUT2D eigenvalue weighted by Gasteiger charge is 2.38. The van der Waals surface area contributed by atoms with Gasteiger partial charge in [-0.1, -0.05) is 75.4 Å². The molecule has 0 radical (unpaired) electrons. The SMILES string of the molecule is CC(C)(C)[Si](C)(C)Oc1ccc(-c2ccc3cccc-3cc2)cc1. The van der Waals surface area contributed by atoms with Crippen molar-refractivity contribution in [2.45, 2.75) is 38.9 Å². The first-order chi connectivity index (χ1) is 11.3. The van der Waals surface area contributed by atoms with Gasteiger partial charge < -0.3 is 4.43 Å². The molecule has 24 heavy (non-hydrogen) atoms. The van der Waals surface area contributed by atoms with E-state index in [1.54, 1.807) is 0 Å². The fourth-order valence-corrected chi connectivity index (χ4v) is 3.55. The Hall–Kier alpha value is -2.06. The van der Waals surface area contributed by atoms with Crippen LogP contribution in [0.4, 0.5) is 0 Å². The van der Waals surface area contributed by atoms with Crippen molar-refractivity contribution in [3.63, 3.8) is 0 Å². The Bertz CT molecular complexity index is 766. The molecule has 1 nitrogen and oxygen atoms in total. The fraction of sp³-hybridized carbons (Fsp3) is 0.273. The third-order valence-electron chi connectivity index (χ3n) is 5.14. The maximum Gasteiger partial charge on any atom is 0.250 e. The van der Waals surface area contributed by atoms with Crippen LogP contribution < -0.4 is 4.43 Å². The molecule has 0 N–H and O–H groups in total. The van der Waals surface area contributed by atoms with Crippen molar-refractivity contribution in [2.75, 3.05) is 0 Å². The van der Waals surface area contributed by atoms with E-state index in [1.165, 1.54) is 22.3 Å². The largest absolute Gasteiger partial charge is 0.544 e. The van der Waals surface area contributed by atoms with Crippen LogP contribution in [0.2, 0.25) is 18.1 Å². The van der Waals surface area contributed by atoms with Gasteiger partial charge in [0, 0.05) is 0 Å². The van der Waals surface area contributed by atoms with E-state index in [0.717, 1.165) is 5.75 Å². The molecule has 0 aliphatic heterocycles. The van der Waals surface area contributed by atoms with E-state index in [2.05, 4.69) is 101 Å². The summed E-state index contributed by atoms with van der Waals surface area (Å²) in [6, 6.07) is 23.6. The molecule has 0 unspecified atom stereocenters. The van der Waals surface area contributed by atoms with Crippen molar-refractivity contribution in [2.24, 2.45) is 0 Å². The van der Waals surface area contributed by atoms with Crippen LogP contribution in [0.5, 0.6) is 5.75 Å². The zero-order chi connectivity index (χ0) is 17.4. The predicted octanol–water partition coefficient (Wildman–Crippen LogP) is 6.84. The number of rotatable bonds is 3. The quantitative estimate of drug-likeness (QED) is 0.476. The Labute approximate surface area is 146 Å². The van der Waals surface area contributed by atoms with Gasteiger partial charge >= 0.3 is 0 Å². The van der Waals surface area contributed by atoms with E-state index in [0.29, 0.717) is 0 Å². The van der Waals surface area contributed by atoms with Crippen LogP contribution in [-0.2, 0) is 0 Å². The second-order valence-corrected chi connectivity index (χ2v) is 12.7. The molecule has 0 aromatic heterocycles. The number of benzene rings is 1. The van der Waals surface area contributed by atoms with E-state index < -0.39 is 8.32 Å². The summed E-state index contributed by atoms with van der Waals surface area (Å²) in [4.78, 5) is 0. The molecule has 3 rings (SSSR count). The molecule has 0 amide bonds. The minimum atomic E-state index is -1.78. The van der Waals surface area contributed by atoms with Gasteiger partial charge in [-0.3, -0.25) is 0 Å². The number of fused-ring (bicyclic) bond motifs is 1. The van der Waals surface area contributed by atoms with Crippen LogP contribution in [0.25, 0.3) is 22.3 Å². The van der Waals surface area contributed by atoms with Gasteiger partial charge in [0.05, 0.1) is 0 Å². The Morgan fingerprint density at radius 2 is 1.00 bits per heavy atom. The summed E-state index contributed by atoms with van der Waals surface area (Å²) < 4.78 is 6.37. The van der Waals surface area contributed by atoms with Gasteiger partial charge in [-0.15, -0.1) is 0 Å². The molecule has 0 saturated heterocycles. The summed E-state index contributed by atoms with van der Waals surface area (Å²) >= 11 is 0. The number of hydrogen-bond donors (Lipinski definition) is 0. The molecule has 0 bridgehead atoms. The van der Waals surface area contributed by atoms with Gasteiger partial charge in [-0.2, -0.15) is 0 Å². The first kappa shape index (κ1) is 16.8. The summed E-state index contributed by atoms with van der Waals surface area (Å²) in [6.07, 6.45) is 0. The second kappa shape index (κ2) is 6.10. The highest BCUT2D eigenvalue weighted by molar-refractivity contribution is 6.74. The summed E-state index contributed by atoms with van der Waals surface area (Å²) in [6.45, 7) is 11.4. The Morgan fingerprint density at radius 3 is 1.42 bits per heavy atom. The predicted molar refractivity (Wildman–Crippen MR) is 106 cm³/mol. The monoisotopic (exact) mass is 334 g/mol. The smallest absolute Gasteiger partial charge is 0.250 e.